The molecule has 0 saturated carbocycles. The quantitative estimate of drug-likeness (QED) is 0.617. The zero-order valence-corrected chi connectivity index (χ0v) is 11.7. The third-order valence-electron chi connectivity index (χ3n) is 2.49. The van der Waals surface area contributed by atoms with Gasteiger partial charge in [-0.25, -0.2) is 0 Å². The number of halogens is 1. The van der Waals surface area contributed by atoms with Gasteiger partial charge in [-0.05, 0) is 24.6 Å². The van der Waals surface area contributed by atoms with Crippen LogP contribution in [-0.2, 0) is 12.3 Å². The van der Waals surface area contributed by atoms with Gasteiger partial charge in [0, 0.05) is 17.3 Å². The van der Waals surface area contributed by atoms with Crippen LogP contribution in [0.5, 0.6) is 0 Å². The summed E-state index contributed by atoms with van der Waals surface area (Å²) in [6.45, 7) is 6.43. The topological polar surface area (TPSA) is 30.7 Å². The Morgan fingerprint density at radius 1 is 1.33 bits per heavy atom. The van der Waals surface area contributed by atoms with E-state index < -0.39 is 0 Å². The Balaban J connectivity index is 2.05. The average Bonchev–Trinajstić information content (AvgIpc) is 2.71. The van der Waals surface area contributed by atoms with Gasteiger partial charge in [0.15, 0.2) is 5.16 Å². The molecule has 0 atom stereocenters. The van der Waals surface area contributed by atoms with Gasteiger partial charge in [-0.2, -0.15) is 0 Å². The first-order valence-corrected chi connectivity index (χ1v) is 6.95. The molecule has 1 heterocycles. The molecule has 0 aliphatic carbocycles. The summed E-state index contributed by atoms with van der Waals surface area (Å²) in [6.07, 6.45) is 1.85. The maximum atomic E-state index is 5.85. The number of nitrogens with zero attached hydrogens (tertiary/aromatic N) is 3. The zero-order chi connectivity index (χ0) is 13.0. The molecule has 0 saturated heterocycles. The normalized spacial score (nSPS) is 10.6. The monoisotopic (exact) mass is 279 g/mol. The number of hydrogen-bond donors (Lipinski definition) is 0. The van der Waals surface area contributed by atoms with Crippen LogP contribution in [0.3, 0.4) is 0 Å². The number of hydrogen-bond acceptors (Lipinski definition) is 3. The molecule has 0 amide bonds. The van der Waals surface area contributed by atoms with Crippen LogP contribution in [0.25, 0.3) is 0 Å². The van der Waals surface area contributed by atoms with E-state index in [1.54, 1.807) is 11.8 Å². The van der Waals surface area contributed by atoms with E-state index in [1.165, 1.54) is 5.56 Å². The molecule has 2 aromatic rings. The molecule has 0 unspecified atom stereocenters. The summed E-state index contributed by atoms with van der Waals surface area (Å²) in [5.41, 5.74) is 1.22. The van der Waals surface area contributed by atoms with Crippen LogP contribution in [-0.4, -0.2) is 14.8 Å². The molecule has 1 aromatic heterocycles. The number of thioether (sulfide) groups is 1. The van der Waals surface area contributed by atoms with Crippen LogP contribution >= 0.6 is 23.4 Å². The minimum Gasteiger partial charge on any atom is -0.302 e. The number of aryl methyl sites for hydroxylation is 1. The van der Waals surface area contributed by atoms with Crippen LogP contribution < -0.4 is 0 Å². The van der Waals surface area contributed by atoms with E-state index in [2.05, 4.69) is 16.8 Å². The first-order chi connectivity index (χ1) is 8.70. The van der Waals surface area contributed by atoms with Crippen molar-refractivity contribution in [2.45, 2.75) is 24.4 Å². The Morgan fingerprint density at radius 2 is 2.06 bits per heavy atom. The van der Waals surface area contributed by atoms with Gasteiger partial charge >= 0.3 is 0 Å². The maximum absolute atomic E-state index is 5.85. The summed E-state index contributed by atoms with van der Waals surface area (Å²) >= 11 is 7.52. The highest BCUT2D eigenvalue weighted by molar-refractivity contribution is 7.98. The van der Waals surface area contributed by atoms with Crippen LogP contribution in [0, 0.1) is 6.92 Å². The zero-order valence-electron chi connectivity index (χ0n) is 10.1. The molecule has 0 fully saturated rings. The van der Waals surface area contributed by atoms with Gasteiger partial charge in [0.05, 0.1) is 0 Å². The lowest BCUT2D eigenvalue weighted by molar-refractivity contribution is 0.703. The first kappa shape index (κ1) is 13.2. The summed E-state index contributed by atoms with van der Waals surface area (Å²) in [5, 5.41) is 9.93. The lowest BCUT2D eigenvalue weighted by atomic mass is 10.2. The lowest BCUT2D eigenvalue weighted by Crippen LogP contribution is -2.00. The van der Waals surface area contributed by atoms with Gasteiger partial charge < -0.3 is 4.57 Å². The Bertz CT molecular complexity index is 534. The summed E-state index contributed by atoms with van der Waals surface area (Å²) in [4.78, 5) is 0. The molecule has 0 bridgehead atoms. The highest BCUT2D eigenvalue weighted by Gasteiger charge is 2.08. The van der Waals surface area contributed by atoms with E-state index in [-0.39, 0.29) is 0 Å². The van der Waals surface area contributed by atoms with Crippen molar-refractivity contribution >= 4 is 23.4 Å². The van der Waals surface area contributed by atoms with Gasteiger partial charge in [-0.15, -0.1) is 16.8 Å². The molecule has 3 nitrogen and oxygen atoms in total. The Hall–Kier alpha value is -1.26. The van der Waals surface area contributed by atoms with Crippen molar-refractivity contribution in [3.05, 3.63) is 53.3 Å². The molecule has 1 aromatic carbocycles. The van der Waals surface area contributed by atoms with Crippen molar-refractivity contribution in [2.24, 2.45) is 0 Å². The van der Waals surface area contributed by atoms with Gasteiger partial charge in [0.2, 0.25) is 0 Å². The van der Waals surface area contributed by atoms with Crippen molar-refractivity contribution in [1.82, 2.24) is 14.8 Å². The molecule has 94 valence electrons. The first-order valence-electron chi connectivity index (χ1n) is 5.58. The van der Waals surface area contributed by atoms with Crippen LogP contribution in [0.4, 0.5) is 0 Å². The Kier molecular flexibility index (Phi) is 4.44. The molecule has 0 N–H and O–H groups in total. The average molecular weight is 280 g/mol. The van der Waals surface area contributed by atoms with E-state index in [4.69, 9.17) is 11.6 Å². The van der Waals surface area contributed by atoms with E-state index in [0.717, 1.165) is 28.3 Å². The smallest absolute Gasteiger partial charge is 0.191 e. The van der Waals surface area contributed by atoms with Crippen molar-refractivity contribution in [3.63, 3.8) is 0 Å². The fourth-order valence-electron chi connectivity index (χ4n) is 1.54. The van der Waals surface area contributed by atoms with Crippen LogP contribution in [0.2, 0.25) is 5.02 Å². The molecular weight excluding hydrogens is 266 g/mol. The number of allylic oxidation sites excluding steroid dienone is 1. The molecule has 0 aliphatic heterocycles. The molecular formula is C13H14ClN3S. The van der Waals surface area contributed by atoms with E-state index >= 15 is 0 Å². The summed E-state index contributed by atoms with van der Waals surface area (Å²) in [6, 6.07) is 7.85. The van der Waals surface area contributed by atoms with Crippen molar-refractivity contribution in [2.75, 3.05) is 0 Å². The highest BCUT2D eigenvalue weighted by Crippen LogP contribution is 2.22. The van der Waals surface area contributed by atoms with Crippen molar-refractivity contribution in [1.29, 1.82) is 0 Å². The fourth-order valence-corrected chi connectivity index (χ4v) is 2.61. The van der Waals surface area contributed by atoms with Gasteiger partial charge in [0.25, 0.3) is 0 Å². The predicted octanol–water partition coefficient (Wildman–Crippen LogP) is 3.72. The minimum atomic E-state index is 0.738. The highest BCUT2D eigenvalue weighted by atomic mass is 35.5. The lowest BCUT2D eigenvalue weighted by Gasteiger charge is -2.05. The van der Waals surface area contributed by atoms with Gasteiger partial charge in [0.1, 0.15) is 5.82 Å². The minimum absolute atomic E-state index is 0.738. The predicted molar refractivity (Wildman–Crippen MR) is 76.0 cm³/mol. The molecule has 2 rings (SSSR count). The Labute approximate surface area is 116 Å². The number of rotatable bonds is 5. The van der Waals surface area contributed by atoms with Crippen LogP contribution in [0.15, 0.2) is 42.1 Å². The van der Waals surface area contributed by atoms with Crippen LogP contribution in [0.1, 0.15) is 11.4 Å². The molecule has 0 spiro atoms. The second-order valence-electron chi connectivity index (χ2n) is 3.84. The third kappa shape index (κ3) is 3.15. The summed E-state index contributed by atoms with van der Waals surface area (Å²) in [5.74, 6) is 1.76. The number of aromatic nitrogens is 3. The van der Waals surface area contributed by atoms with Gasteiger partial charge in [-0.1, -0.05) is 41.6 Å². The fraction of sp³-hybridized carbons (Fsp3) is 0.231. The van der Waals surface area contributed by atoms with E-state index in [0.29, 0.717) is 0 Å². The number of benzene rings is 1. The van der Waals surface area contributed by atoms with Gasteiger partial charge in [-0.3, -0.25) is 0 Å². The standard InChI is InChI=1S/C13H14ClN3S/c1-3-8-17-10(2)15-16-13(17)18-9-11-4-6-12(14)7-5-11/h3-7H,1,8-9H2,2H3. The molecule has 5 heteroatoms. The second kappa shape index (κ2) is 6.07. The molecule has 0 radical (unpaired) electrons. The second-order valence-corrected chi connectivity index (χ2v) is 5.22. The largest absolute Gasteiger partial charge is 0.302 e. The summed E-state index contributed by atoms with van der Waals surface area (Å²) in [7, 11) is 0. The van der Waals surface area contributed by atoms with Crippen molar-refractivity contribution < 1.29 is 0 Å². The van der Waals surface area contributed by atoms with Crippen molar-refractivity contribution in [3.8, 4) is 0 Å². The SMILES string of the molecule is C=CCn1c(C)nnc1SCc1ccc(Cl)cc1. The van der Waals surface area contributed by atoms with E-state index in [1.807, 2.05) is 41.8 Å². The summed E-state index contributed by atoms with van der Waals surface area (Å²) < 4.78 is 2.05. The third-order valence-corrected chi connectivity index (χ3v) is 3.78. The molecule has 0 aliphatic rings. The Morgan fingerprint density at radius 3 is 2.72 bits per heavy atom. The van der Waals surface area contributed by atoms with E-state index in [9.17, 15) is 0 Å². The molecule has 18 heavy (non-hydrogen) atoms. The maximum Gasteiger partial charge on any atom is 0.191 e.